The van der Waals surface area contributed by atoms with Crippen molar-refractivity contribution >= 4 is 33.8 Å². The van der Waals surface area contributed by atoms with Crippen molar-refractivity contribution in [3.8, 4) is 17.0 Å². The molecule has 0 saturated heterocycles. The minimum Gasteiger partial charge on any atom is -0.545 e. The molecule has 1 aliphatic rings. The summed E-state index contributed by atoms with van der Waals surface area (Å²) in [4.78, 5) is 19.5. The zero-order chi connectivity index (χ0) is 24.9. The van der Waals surface area contributed by atoms with Crippen LogP contribution in [0.5, 0.6) is 5.75 Å². The molecule has 0 unspecified atom stereocenters. The average molecular weight is 541 g/mol. The molecule has 186 valence electrons. The molecule has 1 saturated carbocycles. The number of hydrogen-bond acceptors (Lipinski definition) is 7. The van der Waals surface area contributed by atoms with Gasteiger partial charge in [-0.25, -0.2) is 4.98 Å². The van der Waals surface area contributed by atoms with E-state index in [2.05, 4.69) is 59.0 Å². The van der Waals surface area contributed by atoms with Gasteiger partial charge < -0.3 is 19.5 Å². The van der Waals surface area contributed by atoms with E-state index in [1.165, 1.54) is 17.7 Å². The van der Waals surface area contributed by atoms with Crippen LogP contribution in [0.15, 0.2) is 71.4 Å². The number of rotatable bonds is 9. The Morgan fingerprint density at radius 1 is 1.00 bits per heavy atom. The van der Waals surface area contributed by atoms with Crippen molar-refractivity contribution in [3.05, 3.63) is 87.4 Å². The third kappa shape index (κ3) is 7.45. The van der Waals surface area contributed by atoms with E-state index in [-0.39, 0.29) is 35.1 Å². The first kappa shape index (κ1) is 27.9. The van der Waals surface area contributed by atoms with Crippen LogP contribution in [-0.2, 0) is 13.1 Å². The Kier molecular flexibility index (Phi) is 9.84. The van der Waals surface area contributed by atoms with Crippen molar-refractivity contribution in [2.75, 3.05) is 4.90 Å². The Morgan fingerprint density at radius 2 is 1.73 bits per heavy atom. The molecule has 8 heteroatoms. The van der Waals surface area contributed by atoms with Gasteiger partial charge in [0.1, 0.15) is 5.75 Å². The average Bonchev–Trinajstić information content (AvgIpc) is 3.59. The molecule has 2 aromatic heterocycles. The summed E-state index contributed by atoms with van der Waals surface area (Å²) in [7, 11) is 0. The molecule has 0 atom stereocenters. The molecule has 0 radical (unpaired) electrons. The van der Waals surface area contributed by atoms with Crippen molar-refractivity contribution in [2.45, 2.75) is 51.8 Å². The molecule has 1 aliphatic carbocycles. The predicted octanol–water partition coefficient (Wildman–Crippen LogP) is 3.40. The molecule has 0 N–H and O–H groups in total. The molecule has 2 heterocycles. The number of aromatic carboxylic acids is 1. The number of carboxylic acids is 1. The summed E-state index contributed by atoms with van der Waals surface area (Å²) in [5.74, 6) is 0.575. The molecule has 0 amide bonds. The van der Waals surface area contributed by atoms with Gasteiger partial charge in [-0.1, -0.05) is 37.3 Å². The fourth-order valence-corrected chi connectivity index (χ4v) is 6.09. The van der Waals surface area contributed by atoms with Gasteiger partial charge in [-0.15, -0.1) is 22.7 Å². The van der Waals surface area contributed by atoms with Crippen molar-refractivity contribution in [2.24, 2.45) is 5.92 Å². The van der Waals surface area contributed by atoms with Crippen molar-refractivity contribution in [3.63, 3.8) is 0 Å². The monoisotopic (exact) mass is 540 g/mol. The molecule has 37 heavy (non-hydrogen) atoms. The van der Waals surface area contributed by atoms with Gasteiger partial charge in [0.15, 0.2) is 5.13 Å². The number of anilines is 1. The Bertz CT molecular complexity index is 1270. The van der Waals surface area contributed by atoms with E-state index in [1.807, 2.05) is 12.1 Å². The van der Waals surface area contributed by atoms with E-state index in [4.69, 9.17) is 9.72 Å². The zero-order valence-corrected chi connectivity index (χ0v) is 24.9. The van der Waals surface area contributed by atoms with Crippen LogP contribution >= 0.6 is 22.7 Å². The second-order valence-corrected chi connectivity index (χ2v) is 11.3. The number of carbonyl (C=O) groups is 1. The van der Waals surface area contributed by atoms with Crippen LogP contribution in [0.4, 0.5) is 5.13 Å². The second kappa shape index (κ2) is 13.1. The van der Waals surface area contributed by atoms with Crippen molar-refractivity contribution < 1.29 is 44.2 Å². The first-order chi connectivity index (χ1) is 17.5. The summed E-state index contributed by atoms with van der Waals surface area (Å²) in [6.07, 6.45) is 5.08. The minimum atomic E-state index is -1.16. The van der Waals surface area contributed by atoms with Crippen molar-refractivity contribution in [1.29, 1.82) is 0 Å². The summed E-state index contributed by atoms with van der Waals surface area (Å²) in [5.41, 5.74) is 3.21. The molecule has 0 spiro atoms. The molecule has 4 aromatic rings. The van der Waals surface area contributed by atoms with Crippen LogP contribution in [0.2, 0.25) is 0 Å². The number of thiophene rings is 1. The summed E-state index contributed by atoms with van der Waals surface area (Å²) in [6.45, 7) is 3.69. The third-order valence-electron chi connectivity index (χ3n) is 6.67. The van der Waals surface area contributed by atoms with E-state index in [1.54, 1.807) is 34.8 Å². The molecule has 2 aromatic carbocycles. The molecule has 5 nitrogen and oxygen atoms in total. The van der Waals surface area contributed by atoms with E-state index in [9.17, 15) is 9.90 Å². The van der Waals surface area contributed by atoms with Gasteiger partial charge >= 0.3 is 29.6 Å². The maximum Gasteiger partial charge on any atom is 1.00 e. The van der Waals surface area contributed by atoms with Gasteiger partial charge in [0.25, 0.3) is 0 Å². The largest absolute Gasteiger partial charge is 1.00 e. The topological polar surface area (TPSA) is 65.5 Å². The molecule has 0 aliphatic heterocycles. The number of carboxylic acid groups (broad SMARTS) is 1. The van der Waals surface area contributed by atoms with Crippen LogP contribution in [-0.4, -0.2) is 17.1 Å². The van der Waals surface area contributed by atoms with Gasteiger partial charge in [0.2, 0.25) is 0 Å². The fourth-order valence-electron chi connectivity index (χ4n) is 4.53. The van der Waals surface area contributed by atoms with Gasteiger partial charge in [0.05, 0.1) is 24.3 Å². The zero-order valence-electron chi connectivity index (χ0n) is 21.3. The number of nitrogens with zero attached hydrogens (tertiary/aromatic N) is 2. The number of hydrogen-bond donors (Lipinski definition) is 0. The minimum absolute atomic E-state index is 0. The standard InChI is InChI=1S/C29H30N2O3S2.Na/c1-20-4-12-24(13-5-20)34-25-14-10-22(11-15-25)27-19-36-29(30-27)31(18-26-3-2-16-35-26)17-21-6-8-23(9-7-21)28(32)33;/h2-3,6-11,14-16,19-20,24H,4-5,12-13,17-18H2,1H3,(H,32,33);/q;+1/p-1. The smallest absolute Gasteiger partial charge is 0.545 e. The van der Waals surface area contributed by atoms with E-state index < -0.39 is 5.97 Å². The van der Waals surface area contributed by atoms with Gasteiger partial charge in [-0.2, -0.15) is 0 Å². The number of carbonyl (C=O) groups excluding carboxylic acids is 1. The van der Waals surface area contributed by atoms with Gasteiger partial charge in [-0.3, -0.25) is 0 Å². The normalized spacial score (nSPS) is 17.1. The Morgan fingerprint density at radius 3 is 2.38 bits per heavy atom. The molecule has 0 bridgehead atoms. The van der Waals surface area contributed by atoms with Crippen LogP contribution in [0.1, 0.15) is 53.4 Å². The van der Waals surface area contributed by atoms with Crippen molar-refractivity contribution in [1.82, 2.24) is 4.98 Å². The molecule has 5 rings (SSSR count). The maximum absolute atomic E-state index is 11.1. The van der Waals surface area contributed by atoms with Crippen LogP contribution in [0.3, 0.4) is 0 Å². The van der Waals surface area contributed by atoms with E-state index in [0.717, 1.165) is 53.0 Å². The Balaban J connectivity index is 0.00000320. The van der Waals surface area contributed by atoms with E-state index >= 15 is 0 Å². The predicted molar refractivity (Wildman–Crippen MR) is 145 cm³/mol. The van der Waals surface area contributed by atoms with Crippen LogP contribution in [0.25, 0.3) is 11.3 Å². The first-order valence-corrected chi connectivity index (χ1v) is 14.1. The summed E-state index contributed by atoms with van der Waals surface area (Å²) in [6, 6.07) is 19.3. The summed E-state index contributed by atoms with van der Waals surface area (Å²) in [5, 5.41) is 16.2. The molecular weight excluding hydrogens is 511 g/mol. The van der Waals surface area contributed by atoms with E-state index in [0.29, 0.717) is 12.6 Å². The second-order valence-electron chi connectivity index (χ2n) is 9.46. The third-order valence-corrected chi connectivity index (χ3v) is 8.43. The van der Waals surface area contributed by atoms with Gasteiger partial charge in [0, 0.05) is 22.4 Å². The first-order valence-electron chi connectivity index (χ1n) is 12.3. The Labute approximate surface area is 248 Å². The quantitative estimate of drug-likeness (QED) is 0.305. The Hall–Kier alpha value is -2.16. The fraction of sp³-hybridized carbons (Fsp3) is 0.310. The number of aromatic nitrogens is 1. The molecule has 1 fully saturated rings. The number of benzene rings is 2. The van der Waals surface area contributed by atoms with Crippen LogP contribution < -0.4 is 44.3 Å². The van der Waals surface area contributed by atoms with Crippen LogP contribution in [0, 0.1) is 5.92 Å². The maximum atomic E-state index is 11.1. The summed E-state index contributed by atoms with van der Waals surface area (Å²) < 4.78 is 6.22. The van der Waals surface area contributed by atoms with Gasteiger partial charge in [-0.05, 0) is 78.4 Å². The number of thiazole rings is 1. The number of ether oxygens (including phenoxy) is 1. The summed E-state index contributed by atoms with van der Waals surface area (Å²) >= 11 is 3.34. The SMILES string of the molecule is CC1CCC(Oc2ccc(-c3csc(N(Cc4ccc(C(=O)[O-])cc4)Cc4cccs4)n3)cc2)CC1.[Na+]. The molecular formula is C29H29N2NaO3S2.